The van der Waals surface area contributed by atoms with Crippen LogP contribution in [0.3, 0.4) is 0 Å². The number of aliphatic hydroxyl groups excluding tert-OH is 2. The summed E-state index contributed by atoms with van der Waals surface area (Å²) in [6, 6.07) is 21.3. The third-order valence-corrected chi connectivity index (χ3v) is 13.0. The average Bonchev–Trinajstić information content (AvgIpc) is 3.81. The summed E-state index contributed by atoms with van der Waals surface area (Å²) < 4.78 is 6.08. The summed E-state index contributed by atoms with van der Waals surface area (Å²) in [4.78, 5) is 36.2. The quantitative estimate of drug-likeness (QED) is 0.197. The number of fused-ring (bicyclic) bond motifs is 2. The molecule has 5 aliphatic rings. The lowest BCUT2D eigenvalue weighted by Crippen LogP contribution is -2.62. The van der Waals surface area contributed by atoms with E-state index in [1.54, 1.807) is 19.1 Å². The molecule has 10 nitrogen and oxygen atoms in total. The summed E-state index contributed by atoms with van der Waals surface area (Å²) in [6.45, 7) is 8.41. The van der Waals surface area contributed by atoms with Crippen LogP contribution in [0.4, 0.5) is 5.69 Å². The number of carbonyl (C=O) groups is 2. The maximum Gasteiger partial charge on any atom is 0.251 e. The Kier molecular flexibility index (Phi) is 10.4. The van der Waals surface area contributed by atoms with E-state index in [0.717, 1.165) is 35.2 Å². The highest BCUT2D eigenvalue weighted by molar-refractivity contribution is 5.97. The second kappa shape index (κ2) is 14.7. The summed E-state index contributed by atoms with van der Waals surface area (Å²) >= 11 is 0. The lowest BCUT2D eigenvalue weighted by Gasteiger charge is -2.62. The molecule has 0 radical (unpaired) electrons. The zero-order valence-electron chi connectivity index (χ0n) is 32.1. The molecule has 4 N–H and O–H groups in total. The van der Waals surface area contributed by atoms with Gasteiger partial charge in [-0.25, -0.2) is 0 Å². The molecule has 10 heteroatoms. The molecule has 0 aromatic heterocycles. The number of amides is 2. The molecule has 284 valence electrons. The van der Waals surface area contributed by atoms with E-state index in [0.29, 0.717) is 35.0 Å². The first-order valence-electron chi connectivity index (χ1n) is 19.2. The number of rotatable bonds is 12. The van der Waals surface area contributed by atoms with E-state index >= 15 is 0 Å². The van der Waals surface area contributed by atoms with Crippen LogP contribution in [-0.2, 0) is 16.2 Å². The van der Waals surface area contributed by atoms with Crippen molar-refractivity contribution in [1.29, 1.82) is 0 Å². The number of benzene rings is 3. The third kappa shape index (κ3) is 7.07. The number of carbonyl (C=O) groups excluding carboxylic acids is 2. The number of nitrogens with zero attached hydrogens (tertiary/aromatic N) is 2. The van der Waals surface area contributed by atoms with Crippen LogP contribution < -0.4 is 20.3 Å². The number of hydroxylamine groups is 2. The van der Waals surface area contributed by atoms with Gasteiger partial charge in [-0.1, -0.05) is 69.3 Å². The molecule has 2 amide bonds. The van der Waals surface area contributed by atoms with E-state index in [4.69, 9.17) is 9.57 Å². The van der Waals surface area contributed by atoms with Crippen molar-refractivity contribution >= 4 is 17.5 Å². The number of hydrogen-bond donors (Lipinski definition) is 4. The van der Waals surface area contributed by atoms with Crippen LogP contribution in [0.1, 0.15) is 74.4 Å². The van der Waals surface area contributed by atoms with Gasteiger partial charge >= 0.3 is 0 Å². The standard InChI is InChI=1S/C43H56N4O6/c1-24-34-19-30(43(34,3)4)20-35(24)44-42(51)39-38(25(2)49)37(23-48)53-47(39)22-27-14-11-15-32(40(27)52-7)28-16-29(18-31(17-28)46(5)6)41(50)45-36-21-33(36)26-12-9-8-10-13-26/h8-18,24-25,30,33-39,48-49H,19-23H2,1-7H3,(H,44,51)(H,45,50)/t24-,25-,30+,33?,34-,35-,36-,37-,38+,39-/m0/s1. The van der Waals surface area contributed by atoms with Gasteiger partial charge in [0.1, 0.15) is 17.9 Å². The zero-order chi connectivity index (χ0) is 37.8. The molecule has 1 saturated heterocycles. The Morgan fingerprint density at radius 3 is 2.42 bits per heavy atom. The van der Waals surface area contributed by atoms with E-state index in [2.05, 4.69) is 43.5 Å². The van der Waals surface area contributed by atoms with E-state index in [1.807, 2.05) is 73.6 Å². The number of anilines is 1. The van der Waals surface area contributed by atoms with Crippen molar-refractivity contribution in [2.24, 2.45) is 29.1 Å². The number of nitrogens with one attached hydrogen (secondary N) is 2. The number of para-hydroxylation sites is 1. The highest BCUT2D eigenvalue weighted by Gasteiger charge is 2.57. The molecule has 5 fully saturated rings. The number of methoxy groups -OCH3 is 1. The van der Waals surface area contributed by atoms with Crippen LogP contribution in [0.2, 0.25) is 0 Å². The lowest BCUT2D eigenvalue weighted by molar-refractivity contribution is -0.183. The first-order chi connectivity index (χ1) is 25.3. The second-order valence-corrected chi connectivity index (χ2v) is 16.7. The molecule has 4 saturated carbocycles. The minimum atomic E-state index is -0.894. The normalized spacial score (nSPS) is 30.5. The van der Waals surface area contributed by atoms with Crippen LogP contribution in [0.15, 0.2) is 66.7 Å². The maximum atomic E-state index is 14.2. The van der Waals surface area contributed by atoms with Gasteiger partial charge in [-0.05, 0) is 78.7 Å². The molecule has 4 aliphatic carbocycles. The minimum Gasteiger partial charge on any atom is -0.496 e. The minimum absolute atomic E-state index is 0.0429. The second-order valence-electron chi connectivity index (χ2n) is 16.7. The average molecular weight is 725 g/mol. The zero-order valence-corrected chi connectivity index (χ0v) is 32.1. The van der Waals surface area contributed by atoms with Crippen LogP contribution in [0.5, 0.6) is 5.75 Å². The molecular formula is C43H56N4O6. The highest BCUT2D eigenvalue weighted by atomic mass is 16.7. The van der Waals surface area contributed by atoms with Gasteiger partial charge in [-0.2, -0.15) is 5.06 Å². The summed E-state index contributed by atoms with van der Waals surface area (Å²) in [5.41, 5.74) is 5.32. The van der Waals surface area contributed by atoms with Gasteiger partial charge < -0.3 is 30.5 Å². The number of aliphatic hydroxyl groups is 2. The molecule has 3 aromatic rings. The van der Waals surface area contributed by atoms with Gasteiger partial charge in [0.05, 0.1) is 26.4 Å². The van der Waals surface area contributed by atoms with Crippen molar-refractivity contribution in [3.8, 4) is 16.9 Å². The molecule has 53 heavy (non-hydrogen) atoms. The molecule has 2 bridgehead atoms. The van der Waals surface area contributed by atoms with Crippen molar-refractivity contribution < 1.29 is 29.4 Å². The predicted octanol–water partition coefficient (Wildman–Crippen LogP) is 5.37. The maximum absolute atomic E-state index is 14.2. The Hall–Kier alpha value is -3.96. The molecule has 8 rings (SSSR count). The smallest absolute Gasteiger partial charge is 0.251 e. The van der Waals surface area contributed by atoms with Crippen LogP contribution in [0.25, 0.3) is 11.1 Å². The van der Waals surface area contributed by atoms with Gasteiger partial charge in [0.25, 0.3) is 5.91 Å². The van der Waals surface area contributed by atoms with Crippen molar-refractivity contribution in [2.75, 3.05) is 32.7 Å². The summed E-state index contributed by atoms with van der Waals surface area (Å²) in [6.07, 6.45) is 1.41. The number of ether oxygens (including phenoxy) is 1. The van der Waals surface area contributed by atoms with E-state index in [1.165, 1.54) is 12.0 Å². The fourth-order valence-corrected chi connectivity index (χ4v) is 9.66. The van der Waals surface area contributed by atoms with Gasteiger partial charge in [-0.15, -0.1) is 0 Å². The molecule has 0 spiro atoms. The molecule has 10 atom stereocenters. The van der Waals surface area contributed by atoms with Crippen LogP contribution in [0, 0.1) is 29.1 Å². The monoisotopic (exact) mass is 724 g/mol. The Balaban J connectivity index is 1.15. The molecule has 1 aliphatic heterocycles. The van der Waals surface area contributed by atoms with Crippen molar-refractivity contribution in [3.63, 3.8) is 0 Å². The van der Waals surface area contributed by atoms with E-state index in [9.17, 15) is 19.8 Å². The van der Waals surface area contributed by atoms with Gasteiger partial charge in [-0.3, -0.25) is 14.4 Å². The fraction of sp³-hybridized carbons (Fsp3) is 0.535. The van der Waals surface area contributed by atoms with Gasteiger partial charge in [0.2, 0.25) is 5.91 Å². The Morgan fingerprint density at radius 2 is 1.77 bits per heavy atom. The summed E-state index contributed by atoms with van der Waals surface area (Å²) in [5.74, 6) is 1.42. The largest absolute Gasteiger partial charge is 0.496 e. The Morgan fingerprint density at radius 1 is 1.02 bits per heavy atom. The topological polar surface area (TPSA) is 124 Å². The van der Waals surface area contributed by atoms with E-state index in [-0.39, 0.29) is 42.5 Å². The first kappa shape index (κ1) is 37.4. The third-order valence-electron chi connectivity index (χ3n) is 13.0. The van der Waals surface area contributed by atoms with Crippen molar-refractivity contribution in [2.45, 2.75) is 89.8 Å². The molecule has 1 heterocycles. The Bertz CT molecular complexity index is 1810. The highest BCUT2D eigenvalue weighted by Crippen LogP contribution is 2.61. The predicted molar refractivity (Wildman–Crippen MR) is 205 cm³/mol. The molecule has 1 unspecified atom stereocenters. The van der Waals surface area contributed by atoms with Crippen molar-refractivity contribution in [3.05, 3.63) is 83.4 Å². The number of hydrogen-bond acceptors (Lipinski definition) is 8. The first-order valence-corrected chi connectivity index (χ1v) is 19.2. The summed E-state index contributed by atoms with van der Waals surface area (Å²) in [5, 5.41) is 29.5. The van der Waals surface area contributed by atoms with E-state index < -0.39 is 24.2 Å². The summed E-state index contributed by atoms with van der Waals surface area (Å²) in [7, 11) is 5.51. The van der Waals surface area contributed by atoms with Crippen LogP contribution >= 0.6 is 0 Å². The molecular weight excluding hydrogens is 668 g/mol. The molecule has 3 aromatic carbocycles. The fourth-order valence-electron chi connectivity index (χ4n) is 9.66. The van der Waals surface area contributed by atoms with Crippen molar-refractivity contribution in [1.82, 2.24) is 15.7 Å². The lowest BCUT2D eigenvalue weighted by atomic mass is 9.45. The Labute approximate surface area is 313 Å². The van der Waals surface area contributed by atoms with Gasteiger partial charge in [0, 0.05) is 60.4 Å². The van der Waals surface area contributed by atoms with Crippen LogP contribution in [-0.4, -0.2) is 85.2 Å². The van der Waals surface area contributed by atoms with Gasteiger partial charge in [0.15, 0.2) is 0 Å². The SMILES string of the molecule is COc1c(CN2O[C@@H](CO)[C@@H]([C@H](C)O)[C@H]2C(=O)N[C@H]2C[C@H]3C[C@@H]([C@@H]2C)C3(C)C)cccc1-c1cc(C(=O)N[C@H]2CC2c2ccccc2)cc(N(C)C)c1.